The number of nitrogens with zero attached hydrogens (tertiary/aromatic N) is 3. The number of halogens is 1. The first kappa shape index (κ1) is 18.0. The molecule has 0 fully saturated rings. The predicted octanol–water partition coefficient (Wildman–Crippen LogP) is 4.66. The minimum Gasteiger partial charge on any atom is -0.493 e. The lowest BCUT2D eigenvalue weighted by Crippen LogP contribution is -2.03. The Labute approximate surface area is 166 Å². The molecule has 0 saturated carbocycles. The summed E-state index contributed by atoms with van der Waals surface area (Å²) in [5.41, 5.74) is 1.75. The Morgan fingerprint density at radius 2 is 1.89 bits per heavy atom. The molecule has 28 heavy (non-hydrogen) atoms. The van der Waals surface area contributed by atoms with Gasteiger partial charge < -0.3 is 9.84 Å². The van der Waals surface area contributed by atoms with E-state index in [0.717, 1.165) is 0 Å². The Morgan fingerprint density at radius 1 is 1.14 bits per heavy atom. The molecule has 1 N–H and O–H groups in total. The lowest BCUT2D eigenvalue weighted by atomic mass is 10.0. The van der Waals surface area contributed by atoms with Gasteiger partial charge in [-0.05, 0) is 55.5 Å². The Balaban J connectivity index is 1.77. The molecule has 0 atom stereocenters. The Bertz CT molecular complexity index is 1200. The molecule has 0 aliphatic carbocycles. The van der Waals surface area contributed by atoms with Gasteiger partial charge in [-0.3, -0.25) is 9.78 Å². The monoisotopic (exact) mass is 393 g/mol. The quantitative estimate of drug-likeness (QED) is 0.510. The van der Waals surface area contributed by atoms with E-state index in [0.29, 0.717) is 38.7 Å². The second kappa shape index (κ2) is 6.98. The van der Waals surface area contributed by atoms with Gasteiger partial charge in [0.15, 0.2) is 5.78 Å². The zero-order valence-electron chi connectivity index (χ0n) is 15.2. The second-order valence-electron chi connectivity index (χ2n) is 6.33. The summed E-state index contributed by atoms with van der Waals surface area (Å²) in [5, 5.41) is 15.6. The molecule has 2 aromatic carbocycles. The highest BCUT2D eigenvalue weighted by Crippen LogP contribution is 2.31. The van der Waals surface area contributed by atoms with Crippen LogP contribution in [0.3, 0.4) is 0 Å². The number of benzene rings is 2. The largest absolute Gasteiger partial charge is 0.493 e. The van der Waals surface area contributed by atoms with E-state index in [1.165, 1.54) is 4.68 Å². The van der Waals surface area contributed by atoms with Gasteiger partial charge in [0.05, 0.1) is 11.2 Å². The third-order valence-electron chi connectivity index (χ3n) is 4.42. The number of ether oxygens (including phenoxy) is 1. The number of fused-ring (bicyclic) bond motifs is 1. The first-order chi connectivity index (χ1) is 13.4. The maximum atomic E-state index is 13.0. The van der Waals surface area contributed by atoms with E-state index in [-0.39, 0.29) is 17.2 Å². The van der Waals surface area contributed by atoms with Crippen molar-refractivity contribution in [2.45, 2.75) is 6.92 Å². The SMILES string of the molecule is Cc1nn(C)c(O)c1C(=O)c1ccc2nccc(Oc3ccc(Cl)cc3)c2c1. The molecule has 2 aromatic heterocycles. The second-order valence-corrected chi connectivity index (χ2v) is 6.77. The van der Waals surface area contributed by atoms with Crippen LogP contribution in [0, 0.1) is 6.92 Å². The summed E-state index contributed by atoms with van der Waals surface area (Å²) in [5.74, 6) is 0.709. The van der Waals surface area contributed by atoms with Crippen LogP contribution in [0.15, 0.2) is 54.7 Å². The number of hydrogen-bond donors (Lipinski definition) is 1. The zero-order valence-corrected chi connectivity index (χ0v) is 15.9. The summed E-state index contributed by atoms with van der Waals surface area (Å²) >= 11 is 5.92. The molecule has 0 amide bonds. The van der Waals surface area contributed by atoms with Crippen molar-refractivity contribution in [2.75, 3.05) is 0 Å². The highest BCUT2D eigenvalue weighted by molar-refractivity contribution is 6.30. The first-order valence-corrected chi connectivity index (χ1v) is 8.91. The van der Waals surface area contributed by atoms with Crippen LogP contribution in [0.25, 0.3) is 10.9 Å². The minimum absolute atomic E-state index is 0.161. The minimum atomic E-state index is -0.314. The van der Waals surface area contributed by atoms with Gasteiger partial charge in [0.2, 0.25) is 5.88 Å². The normalized spacial score (nSPS) is 11.0. The number of rotatable bonds is 4. The molecule has 140 valence electrons. The van der Waals surface area contributed by atoms with Crippen molar-refractivity contribution < 1.29 is 14.6 Å². The number of aromatic hydroxyl groups is 1. The van der Waals surface area contributed by atoms with Crippen LogP contribution < -0.4 is 4.74 Å². The van der Waals surface area contributed by atoms with Crippen molar-refractivity contribution in [1.82, 2.24) is 14.8 Å². The lowest BCUT2D eigenvalue weighted by molar-refractivity contribution is 0.103. The smallest absolute Gasteiger partial charge is 0.220 e. The van der Waals surface area contributed by atoms with Crippen LogP contribution in [0.5, 0.6) is 17.4 Å². The zero-order chi connectivity index (χ0) is 19.8. The van der Waals surface area contributed by atoms with Gasteiger partial charge in [-0.1, -0.05) is 11.6 Å². The molecule has 0 radical (unpaired) electrons. The maximum absolute atomic E-state index is 13.0. The number of carbonyl (C=O) groups excluding carboxylic acids is 1. The summed E-state index contributed by atoms with van der Waals surface area (Å²) in [7, 11) is 1.58. The number of hydrogen-bond acceptors (Lipinski definition) is 5. The fourth-order valence-electron chi connectivity index (χ4n) is 3.04. The summed E-state index contributed by atoms with van der Waals surface area (Å²) in [4.78, 5) is 17.3. The summed E-state index contributed by atoms with van der Waals surface area (Å²) < 4.78 is 7.24. The molecule has 0 aliphatic rings. The van der Waals surface area contributed by atoms with E-state index >= 15 is 0 Å². The molecular weight excluding hydrogens is 378 g/mol. The van der Waals surface area contributed by atoms with Crippen molar-refractivity contribution in [1.29, 1.82) is 0 Å². The third-order valence-corrected chi connectivity index (χ3v) is 4.68. The van der Waals surface area contributed by atoms with Gasteiger partial charge in [-0.2, -0.15) is 5.10 Å². The maximum Gasteiger partial charge on any atom is 0.220 e. The fraction of sp³-hybridized carbons (Fsp3) is 0.0952. The molecule has 0 bridgehead atoms. The molecule has 0 saturated heterocycles. The van der Waals surface area contributed by atoms with Gasteiger partial charge in [0.25, 0.3) is 0 Å². The van der Waals surface area contributed by atoms with Crippen molar-refractivity contribution >= 4 is 28.3 Å². The number of carbonyl (C=O) groups is 1. The van der Waals surface area contributed by atoms with Crippen LogP contribution >= 0.6 is 11.6 Å². The Hall–Kier alpha value is -3.38. The van der Waals surface area contributed by atoms with E-state index in [1.54, 1.807) is 68.7 Å². The van der Waals surface area contributed by atoms with Gasteiger partial charge in [0, 0.05) is 29.2 Å². The van der Waals surface area contributed by atoms with Crippen molar-refractivity contribution in [3.05, 3.63) is 76.6 Å². The molecule has 4 rings (SSSR count). The fourth-order valence-corrected chi connectivity index (χ4v) is 3.16. The first-order valence-electron chi connectivity index (χ1n) is 8.53. The van der Waals surface area contributed by atoms with Gasteiger partial charge in [-0.25, -0.2) is 4.68 Å². The number of ketones is 1. The van der Waals surface area contributed by atoms with Crippen molar-refractivity contribution in [2.24, 2.45) is 7.05 Å². The molecule has 0 aliphatic heterocycles. The molecule has 0 spiro atoms. The van der Waals surface area contributed by atoms with Crippen molar-refractivity contribution in [3.63, 3.8) is 0 Å². The van der Waals surface area contributed by atoms with Crippen LogP contribution in [-0.2, 0) is 7.05 Å². The van der Waals surface area contributed by atoms with E-state index in [9.17, 15) is 9.90 Å². The molecule has 0 unspecified atom stereocenters. The molecule has 6 nitrogen and oxygen atoms in total. The third kappa shape index (κ3) is 3.18. The van der Waals surface area contributed by atoms with E-state index in [4.69, 9.17) is 16.3 Å². The van der Waals surface area contributed by atoms with Gasteiger partial charge in [-0.15, -0.1) is 0 Å². The molecular formula is C21H16ClN3O3. The Kier molecular flexibility index (Phi) is 4.49. The van der Waals surface area contributed by atoms with Gasteiger partial charge >= 0.3 is 0 Å². The van der Waals surface area contributed by atoms with E-state index in [2.05, 4.69) is 10.1 Å². The van der Waals surface area contributed by atoms with Crippen LogP contribution in [-0.4, -0.2) is 25.7 Å². The molecule has 4 aromatic rings. The van der Waals surface area contributed by atoms with Gasteiger partial charge in [0.1, 0.15) is 17.1 Å². The average molecular weight is 394 g/mol. The van der Waals surface area contributed by atoms with E-state index < -0.39 is 0 Å². The number of aryl methyl sites for hydroxylation is 2. The number of aromatic nitrogens is 3. The lowest BCUT2D eigenvalue weighted by Gasteiger charge is -2.10. The standard InChI is InChI=1S/C21H16ClN3O3/c1-12-19(21(27)25(2)24-12)20(26)13-3-8-17-16(11-13)18(9-10-23-17)28-15-6-4-14(22)5-7-15/h3-11,27H,1-2H3. The average Bonchev–Trinajstić information content (AvgIpc) is 2.94. The highest BCUT2D eigenvalue weighted by atomic mass is 35.5. The molecule has 2 heterocycles. The van der Waals surface area contributed by atoms with Crippen molar-refractivity contribution in [3.8, 4) is 17.4 Å². The van der Waals surface area contributed by atoms with Crippen LogP contribution in [0.2, 0.25) is 5.02 Å². The predicted molar refractivity (Wildman–Crippen MR) is 106 cm³/mol. The number of pyridine rings is 1. The summed E-state index contributed by atoms with van der Waals surface area (Å²) in [6.45, 7) is 1.69. The summed E-state index contributed by atoms with van der Waals surface area (Å²) in [6.07, 6.45) is 1.65. The van der Waals surface area contributed by atoms with Crippen LogP contribution in [0.1, 0.15) is 21.6 Å². The molecule has 7 heteroatoms. The highest BCUT2D eigenvalue weighted by Gasteiger charge is 2.22. The van der Waals surface area contributed by atoms with Crippen LogP contribution in [0.4, 0.5) is 0 Å². The summed E-state index contributed by atoms with van der Waals surface area (Å²) in [6, 6.07) is 13.9. The topological polar surface area (TPSA) is 77.2 Å². The van der Waals surface area contributed by atoms with E-state index in [1.807, 2.05) is 0 Å². The Morgan fingerprint density at radius 3 is 2.57 bits per heavy atom.